The summed E-state index contributed by atoms with van der Waals surface area (Å²) >= 11 is 4.99. The summed E-state index contributed by atoms with van der Waals surface area (Å²) in [5.74, 6) is -0.541. The van der Waals surface area contributed by atoms with Gasteiger partial charge in [0.1, 0.15) is 22.8 Å². The Morgan fingerprint density at radius 2 is 2.10 bits per heavy atom. The first-order chi connectivity index (χ1) is 13.8. The molecule has 1 N–H and O–H groups in total. The van der Waals surface area contributed by atoms with Crippen LogP contribution in [-0.4, -0.2) is 40.4 Å². The second-order valence-electron chi connectivity index (χ2n) is 5.86. The van der Waals surface area contributed by atoms with Gasteiger partial charge >= 0.3 is 0 Å². The van der Waals surface area contributed by atoms with E-state index in [4.69, 9.17) is 21.4 Å². The van der Waals surface area contributed by atoms with Crippen LogP contribution in [0.3, 0.4) is 0 Å². The number of methoxy groups -OCH3 is 1. The molecule has 1 aromatic carbocycles. The molecule has 1 fully saturated rings. The molecule has 2 amide bonds. The summed E-state index contributed by atoms with van der Waals surface area (Å²) in [6, 6.07) is 7.35. The van der Waals surface area contributed by atoms with Crippen molar-refractivity contribution in [3.8, 4) is 17.1 Å². The van der Waals surface area contributed by atoms with Crippen LogP contribution >= 0.6 is 12.2 Å². The third kappa shape index (κ3) is 3.92. The standard InChI is InChI=1S/C19H15N3O6S/c1-3-8-21-18(24)14(17(23)20-19(21)29)9-12-5-7-16(28-12)13-6-4-11(27-2)10-15(13)22(25)26/h3-7,9-10H,1,8H2,2H3,(H,20,23,29)/b14-9+. The molecule has 1 aromatic heterocycles. The minimum absolute atomic E-state index is 0.00829. The van der Waals surface area contributed by atoms with Gasteiger partial charge in [0.05, 0.1) is 23.7 Å². The average molecular weight is 413 g/mol. The van der Waals surface area contributed by atoms with Gasteiger partial charge in [-0.25, -0.2) is 0 Å². The van der Waals surface area contributed by atoms with Gasteiger partial charge in [-0.2, -0.15) is 0 Å². The maximum Gasteiger partial charge on any atom is 0.284 e. The van der Waals surface area contributed by atoms with Gasteiger partial charge in [-0.1, -0.05) is 6.08 Å². The van der Waals surface area contributed by atoms with Crippen molar-refractivity contribution in [2.75, 3.05) is 13.7 Å². The highest BCUT2D eigenvalue weighted by atomic mass is 32.1. The number of rotatable bonds is 6. The zero-order valence-corrected chi connectivity index (χ0v) is 16.0. The number of amides is 2. The molecule has 2 heterocycles. The van der Waals surface area contributed by atoms with Crippen LogP contribution in [0.5, 0.6) is 5.75 Å². The molecule has 1 saturated heterocycles. The molecule has 29 heavy (non-hydrogen) atoms. The van der Waals surface area contributed by atoms with Gasteiger partial charge in [0.15, 0.2) is 5.11 Å². The summed E-state index contributed by atoms with van der Waals surface area (Å²) in [4.78, 5) is 36.7. The maximum atomic E-state index is 12.5. The van der Waals surface area contributed by atoms with Crippen molar-refractivity contribution in [1.29, 1.82) is 0 Å². The number of benzene rings is 1. The Kier molecular flexibility index (Phi) is 5.55. The van der Waals surface area contributed by atoms with Gasteiger partial charge in [-0.15, -0.1) is 6.58 Å². The normalized spacial score (nSPS) is 15.4. The lowest BCUT2D eigenvalue weighted by Gasteiger charge is -2.27. The second kappa shape index (κ2) is 8.07. The van der Waals surface area contributed by atoms with Crippen molar-refractivity contribution >= 4 is 40.9 Å². The van der Waals surface area contributed by atoms with E-state index in [9.17, 15) is 19.7 Å². The Hall–Kier alpha value is -3.79. The molecule has 1 aliphatic rings. The minimum Gasteiger partial charge on any atom is -0.497 e. The molecule has 0 unspecified atom stereocenters. The third-order valence-corrected chi connectivity index (χ3v) is 4.40. The Balaban J connectivity index is 1.97. The van der Waals surface area contributed by atoms with Crippen LogP contribution in [0.15, 0.2) is 53.0 Å². The van der Waals surface area contributed by atoms with Gasteiger partial charge in [-0.3, -0.25) is 29.9 Å². The van der Waals surface area contributed by atoms with Gasteiger partial charge in [0, 0.05) is 6.54 Å². The van der Waals surface area contributed by atoms with Gasteiger partial charge < -0.3 is 9.15 Å². The molecule has 2 aromatic rings. The topological polar surface area (TPSA) is 115 Å². The molecular formula is C19H15N3O6S. The van der Waals surface area contributed by atoms with Crippen molar-refractivity contribution in [2.45, 2.75) is 0 Å². The number of nitro benzene ring substituents is 1. The fraction of sp³-hybridized carbons (Fsp3) is 0.105. The second-order valence-corrected chi connectivity index (χ2v) is 6.25. The van der Waals surface area contributed by atoms with Gasteiger partial charge in [-0.05, 0) is 42.6 Å². The SMILES string of the molecule is C=CCN1C(=O)/C(=C/c2ccc(-c3ccc(OC)cc3[N+](=O)[O-])o2)C(=O)NC1=S. The number of ether oxygens (including phenoxy) is 1. The van der Waals surface area contributed by atoms with Gasteiger partial charge in [0.2, 0.25) is 0 Å². The molecule has 0 aliphatic carbocycles. The number of nitrogens with one attached hydrogen (secondary N) is 1. The van der Waals surface area contributed by atoms with Crippen molar-refractivity contribution in [3.63, 3.8) is 0 Å². The molecule has 10 heteroatoms. The maximum absolute atomic E-state index is 12.5. The zero-order valence-electron chi connectivity index (χ0n) is 15.2. The van der Waals surface area contributed by atoms with E-state index in [0.717, 1.165) is 0 Å². The number of hydrogen-bond acceptors (Lipinski definition) is 7. The van der Waals surface area contributed by atoms with Crippen molar-refractivity contribution in [1.82, 2.24) is 10.2 Å². The first-order valence-electron chi connectivity index (χ1n) is 8.28. The average Bonchev–Trinajstić information content (AvgIpc) is 3.16. The Morgan fingerprint density at radius 1 is 1.34 bits per heavy atom. The lowest BCUT2D eigenvalue weighted by atomic mass is 10.1. The van der Waals surface area contributed by atoms with Crippen LogP contribution in [0.25, 0.3) is 17.4 Å². The highest BCUT2D eigenvalue weighted by Gasteiger charge is 2.33. The monoisotopic (exact) mass is 413 g/mol. The summed E-state index contributed by atoms with van der Waals surface area (Å²) in [5.41, 5.74) is -0.146. The van der Waals surface area contributed by atoms with Crippen LogP contribution in [0.4, 0.5) is 5.69 Å². The molecule has 148 valence electrons. The number of nitrogens with zero attached hydrogens (tertiary/aromatic N) is 2. The molecule has 9 nitrogen and oxygen atoms in total. The Bertz CT molecular complexity index is 1070. The van der Waals surface area contributed by atoms with E-state index < -0.39 is 16.7 Å². The van der Waals surface area contributed by atoms with Crippen LogP contribution in [0.2, 0.25) is 0 Å². The predicted octanol–water partition coefficient (Wildman–Crippen LogP) is 2.68. The van der Waals surface area contributed by atoms with E-state index in [1.54, 1.807) is 6.07 Å². The van der Waals surface area contributed by atoms with E-state index in [-0.39, 0.29) is 40.0 Å². The number of hydrogen-bond donors (Lipinski definition) is 1. The molecule has 0 radical (unpaired) electrons. The first-order valence-corrected chi connectivity index (χ1v) is 8.69. The largest absolute Gasteiger partial charge is 0.497 e. The fourth-order valence-corrected chi connectivity index (χ4v) is 2.95. The van der Waals surface area contributed by atoms with Crippen LogP contribution in [-0.2, 0) is 9.59 Å². The number of carbonyl (C=O) groups excluding carboxylic acids is 2. The van der Waals surface area contributed by atoms with Crippen molar-refractivity contribution < 1.29 is 23.7 Å². The molecule has 0 atom stereocenters. The van der Waals surface area contributed by atoms with E-state index in [1.807, 2.05) is 0 Å². The molecule has 3 rings (SSSR count). The summed E-state index contributed by atoms with van der Waals surface area (Å²) in [6.07, 6.45) is 2.74. The molecule has 1 aliphatic heterocycles. The number of nitro groups is 1. The predicted molar refractivity (Wildman–Crippen MR) is 108 cm³/mol. The first kappa shape index (κ1) is 20.0. The Labute approximate surface area is 170 Å². The number of thiocarbonyl (C=S) groups is 1. The molecule has 0 bridgehead atoms. The fourth-order valence-electron chi connectivity index (χ4n) is 2.70. The van der Waals surface area contributed by atoms with Crippen LogP contribution < -0.4 is 10.1 Å². The zero-order chi connectivity index (χ0) is 21.1. The summed E-state index contributed by atoms with van der Waals surface area (Å²) < 4.78 is 10.6. The summed E-state index contributed by atoms with van der Waals surface area (Å²) in [7, 11) is 1.41. The third-order valence-electron chi connectivity index (χ3n) is 4.08. The van der Waals surface area contributed by atoms with Crippen molar-refractivity contribution in [3.05, 3.63) is 64.4 Å². The van der Waals surface area contributed by atoms with E-state index in [2.05, 4.69) is 11.9 Å². The lowest BCUT2D eigenvalue weighted by molar-refractivity contribution is -0.384. The summed E-state index contributed by atoms with van der Waals surface area (Å²) in [5, 5.41) is 13.8. The molecular weight excluding hydrogens is 398 g/mol. The molecule has 0 spiro atoms. The molecule has 0 saturated carbocycles. The van der Waals surface area contributed by atoms with Gasteiger partial charge in [0.25, 0.3) is 17.5 Å². The van der Waals surface area contributed by atoms with E-state index in [0.29, 0.717) is 5.75 Å². The highest BCUT2D eigenvalue weighted by Crippen LogP contribution is 2.34. The van der Waals surface area contributed by atoms with E-state index in [1.165, 1.54) is 48.4 Å². The summed E-state index contributed by atoms with van der Waals surface area (Å²) in [6.45, 7) is 3.69. The van der Waals surface area contributed by atoms with Crippen LogP contribution in [0.1, 0.15) is 5.76 Å². The highest BCUT2D eigenvalue weighted by molar-refractivity contribution is 7.80. The van der Waals surface area contributed by atoms with E-state index >= 15 is 0 Å². The van der Waals surface area contributed by atoms with Crippen LogP contribution in [0, 0.1) is 10.1 Å². The number of furan rings is 1. The number of carbonyl (C=O) groups is 2. The Morgan fingerprint density at radius 3 is 2.76 bits per heavy atom. The lowest BCUT2D eigenvalue weighted by Crippen LogP contribution is -2.53. The minimum atomic E-state index is -0.659. The van der Waals surface area contributed by atoms with Crippen molar-refractivity contribution in [2.24, 2.45) is 0 Å². The quantitative estimate of drug-likeness (QED) is 0.193. The smallest absolute Gasteiger partial charge is 0.284 e.